The van der Waals surface area contributed by atoms with Crippen LogP contribution in [0.4, 0.5) is 0 Å². The minimum Gasteiger partial charge on any atom is -0.481 e. The van der Waals surface area contributed by atoms with Crippen molar-refractivity contribution in [2.75, 3.05) is 39.5 Å². The van der Waals surface area contributed by atoms with E-state index in [0.717, 1.165) is 32.5 Å². The van der Waals surface area contributed by atoms with Crippen molar-refractivity contribution < 1.29 is 19.4 Å². The lowest BCUT2D eigenvalue weighted by Crippen LogP contribution is -2.48. The standard InChI is InChI=1S/C14H25NO4/c1-2-15(10-12-4-3-7-19-12)11-14(13(16)17)5-8-18-9-6-14/h12H,2-11H2,1H3,(H,16,17). The molecule has 0 aromatic carbocycles. The summed E-state index contributed by atoms with van der Waals surface area (Å²) in [5.74, 6) is -0.679. The summed E-state index contributed by atoms with van der Waals surface area (Å²) >= 11 is 0. The molecule has 0 aromatic rings. The van der Waals surface area contributed by atoms with Gasteiger partial charge in [-0.3, -0.25) is 9.69 Å². The first kappa shape index (κ1) is 14.8. The molecule has 19 heavy (non-hydrogen) atoms. The van der Waals surface area contributed by atoms with E-state index in [0.29, 0.717) is 32.6 Å². The number of likely N-dealkylation sites (N-methyl/N-ethyl adjacent to an activating group) is 1. The molecule has 2 saturated heterocycles. The molecule has 110 valence electrons. The summed E-state index contributed by atoms with van der Waals surface area (Å²) in [6.45, 7) is 6.39. The zero-order valence-corrected chi connectivity index (χ0v) is 11.8. The number of carbonyl (C=O) groups is 1. The Morgan fingerprint density at radius 3 is 2.63 bits per heavy atom. The Kier molecular flexibility index (Phi) is 5.19. The molecule has 0 amide bonds. The zero-order chi connectivity index (χ0) is 13.7. The third-order valence-corrected chi connectivity index (χ3v) is 4.36. The molecule has 2 rings (SSSR count). The summed E-state index contributed by atoms with van der Waals surface area (Å²) in [5, 5.41) is 9.58. The molecular formula is C14H25NO4. The van der Waals surface area contributed by atoms with Crippen LogP contribution in [0.2, 0.25) is 0 Å². The molecular weight excluding hydrogens is 246 g/mol. The second kappa shape index (κ2) is 6.68. The van der Waals surface area contributed by atoms with E-state index in [-0.39, 0.29) is 6.10 Å². The third-order valence-electron chi connectivity index (χ3n) is 4.36. The summed E-state index contributed by atoms with van der Waals surface area (Å²) in [6.07, 6.45) is 3.74. The first-order chi connectivity index (χ1) is 9.16. The van der Waals surface area contributed by atoms with Gasteiger partial charge in [0.05, 0.1) is 11.5 Å². The van der Waals surface area contributed by atoms with Crippen LogP contribution >= 0.6 is 0 Å². The third kappa shape index (κ3) is 3.68. The molecule has 1 unspecified atom stereocenters. The maximum absolute atomic E-state index is 11.7. The predicted octanol–water partition coefficient (Wildman–Crippen LogP) is 1.37. The largest absolute Gasteiger partial charge is 0.481 e. The Hall–Kier alpha value is -0.650. The lowest BCUT2D eigenvalue weighted by molar-refractivity contribution is -0.157. The summed E-state index contributed by atoms with van der Waals surface area (Å²) in [4.78, 5) is 13.9. The molecule has 5 nitrogen and oxygen atoms in total. The van der Waals surface area contributed by atoms with Gasteiger partial charge >= 0.3 is 5.97 Å². The highest BCUT2D eigenvalue weighted by Crippen LogP contribution is 2.32. The molecule has 5 heteroatoms. The van der Waals surface area contributed by atoms with E-state index in [2.05, 4.69) is 11.8 Å². The molecule has 2 aliphatic rings. The number of hydrogen-bond acceptors (Lipinski definition) is 4. The van der Waals surface area contributed by atoms with Crippen LogP contribution in [-0.4, -0.2) is 61.5 Å². The van der Waals surface area contributed by atoms with Crippen molar-refractivity contribution in [1.82, 2.24) is 4.90 Å². The minimum atomic E-state index is -0.679. The van der Waals surface area contributed by atoms with Crippen molar-refractivity contribution in [1.29, 1.82) is 0 Å². The number of carboxylic acid groups (broad SMARTS) is 1. The van der Waals surface area contributed by atoms with E-state index >= 15 is 0 Å². The number of hydrogen-bond donors (Lipinski definition) is 1. The predicted molar refractivity (Wildman–Crippen MR) is 71.2 cm³/mol. The fourth-order valence-electron chi connectivity index (χ4n) is 3.01. The van der Waals surface area contributed by atoms with E-state index in [1.807, 2.05) is 0 Å². The van der Waals surface area contributed by atoms with Gasteiger partial charge in [0.15, 0.2) is 0 Å². The van der Waals surface area contributed by atoms with Crippen LogP contribution in [-0.2, 0) is 14.3 Å². The number of nitrogens with zero attached hydrogens (tertiary/aromatic N) is 1. The second-order valence-electron chi connectivity index (χ2n) is 5.66. The van der Waals surface area contributed by atoms with Crippen LogP contribution in [0, 0.1) is 5.41 Å². The highest BCUT2D eigenvalue weighted by atomic mass is 16.5. The van der Waals surface area contributed by atoms with Crippen LogP contribution < -0.4 is 0 Å². The van der Waals surface area contributed by atoms with Gasteiger partial charge in [-0.2, -0.15) is 0 Å². The van der Waals surface area contributed by atoms with Crippen molar-refractivity contribution in [3.05, 3.63) is 0 Å². The van der Waals surface area contributed by atoms with Crippen molar-refractivity contribution >= 4 is 5.97 Å². The highest BCUT2D eigenvalue weighted by molar-refractivity contribution is 5.75. The molecule has 2 aliphatic heterocycles. The van der Waals surface area contributed by atoms with Gasteiger partial charge in [0.2, 0.25) is 0 Å². The molecule has 0 aromatic heterocycles. The fourth-order valence-corrected chi connectivity index (χ4v) is 3.01. The molecule has 1 atom stereocenters. The fraction of sp³-hybridized carbons (Fsp3) is 0.929. The van der Waals surface area contributed by atoms with Crippen LogP contribution in [0.15, 0.2) is 0 Å². The molecule has 0 bridgehead atoms. The Morgan fingerprint density at radius 2 is 2.11 bits per heavy atom. The van der Waals surface area contributed by atoms with E-state index in [9.17, 15) is 9.90 Å². The van der Waals surface area contributed by atoms with Crippen molar-refractivity contribution in [3.8, 4) is 0 Å². The van der Waals surface area contributed by atoms with Gasteiger partial charge in [0.25, 0.3) is 0 Å². The van der Waals surface area contributed by atoms with E-state index < -0.39 is 11.4 Å². The van der Waals surface area contributed by atoms with Crippen LogP contribution in [0.5, 0.6) is 0 Å². The monoisotopic (exact) mass is 271 g/mol. The van der Waals surface area contributed by atoms with Gasteiger partial charge < -0.3 is 14.6 Å². The molecule has 2 heterocycles. The topological polar surface area (TPSA) is 59.0 Å². The SMILES string of the molecule is CCN(CC1CCCO1)CC1(C(=O)O)CCOCC1. The lowest BCUT2D eigenvalue weighted by Gasteiger charge is -2.38. The average molecular weight is 271 g/mol. The molecule has 1 N–H and O–H groups in total. The molecule has 0 saturated carbocycles. The Labute approximate surface area is 114 Å². The van der Waals surface area contributed by atoms with Gasteiger partial charge in [-0.05, 0) is 32.2 Å². The summed E-state index contributed by atoms with van der Waals surface area (Å²) < 4.78 is 11.0. The van der Waals surface area contributed by atoms with Crippen molar-refractivity contribution in [2.24, 2.45) is 5.41 Å². The van der Waals surface area contributed by atoms with Crippen LogP contribution in [0.1, 0.15) is 32.6 Å². The van der Waals surface area contributed by atoms with E-state index in [1.165, 1.54) is 0 Å². The molecule has 0 spiro atoms. The number of ether oxygens (including phenoxy) is 2. The molecule has 2 fully saturated rings. The Morgan fingerprint density at radius 1 is 1.37 bits per heavy atom. The maximum atomic E-state index is 11.7. The summed E-state index contributed by atoms with van der Waals surface area (Å²) in [5.41, 5.74) is -0.632. The van der Waals surface area contributed by atoms with Crippen LogP contribution in [0.3, 0.4) is 0 Å². The summed E-state index contributed by atoms with van der Waals surface area (Å²) in [6, 6.07) is 0. The Balaban J connectivity index is 1.95. The van der Waals surface area contributed by atoms with Gasteiger partial charge in [0.1, 0.15) is 0 Å². The zero-order valence-electron chi connectivity index (χ0n) is 11.8. The number of rotatable bonds is 6. The van der Waals surface area contributed by atoms with Gasteiger partial charge in [-0.15, -0.1) is 0 Å². The van der Waals surface area contributed by atoms with Crippen molar-refractivity contribution in [3.63, 3.8) is 0 Å². The molecule has 0 radical (unpaired) electrons. The molecule has 0 aliphatic carbocycles. The van der Waals surface area contributed by atoms with Gasteiger partial charge in [0, 0.05) is 32.9 Å². The summed E-state index contributed by atoms with van der Waals surface area (Å²) in [7, 11) is 0. The van der Waals surface area contributed by atoms with Crippen LogP contribution in [0.25, 0.3) is 0 Å². The van der Waals surface area contributed by atoms with Gasteiger partial charge in [-0.25, -0.2) is 0 Å². The Bertz CT molecular complexity index is 296. The normalized spacial score (nSPS) is 26.7. The highest BCUT2D eigenvalue weighted by Gasteiger charge is 2.41. The smallest absolute Gasteiger partial charge is 0.311 e. The second-order valence-corrected chi connectivity index (χ2v) is 5.66. The van der Waals surface area contributed by atoms with E-state index in [4.69, 9.17) is 9.47 Å². The maximum Gasteiger partial charge on any atom is 0.311 e. The average Bonchev–Trinajstić information content (AvgIpc) is 2.92. The lowest BCUT2D eigenvalue weighted by atomic mass is 9.79. The first-order valence-electron chi connectivity index (χ1n) is 7.31. The van der Waals surface area contributed by atoms with E-state index in [1.54, 1.807) is 0 Å². The quantitative estimate of drug-likeness (QED) is 0.790. The van der Waals surface area contributed by atoms with Gasteiger partial charge in [-0.1, -0.05) is 6.92 Å². The first-order valence-corrected chi connectivity index (χ1v) is 7.31. The number of carboxylic acids is 1. The van der Waals surface area contributed by atoms with Crippen molar-refractivity contribution in [2.45, 2.75) is 38.7 Å². The number of aliphatic carboxylic acids is 1. The minimum absolute atomic E-state index is 0.283.